The highest BCUT2D eigenvalue weighted by Gasteiger charge is 2.33. The van der Waals surface area contributed by atoms with Crippen molar-refractivity contribution in [1.82, 2.24) is 19.8 Å². The van der Waals surface area contributed by atoms with Gasteiger partial charge in [0.2, 0.25) is 5.91 Å². The average molecular weight is 405 g/mol. The largest absolute Gasteiger partial charge is 0.354 e. The van der Waals surface area contributed by atoms with E-state index in [0.717, 1.165) is 29.0 Å². The molecule has 1 aromatic heterocycles. The van der Waals surface area contributed by atoms with Crippen LogP contribution in [-0.4, -0.2) is 38.9 Å². The Hall–Kier alpha value is -3.15. The van der Waals surface area contributed by atoms with Gasteiger partial charge in [-0.1, -0.05) is 44.2 Å². The topological polar surface area (TPSA) is 67.2 Å². The van der Waals surface area contributed by atoms with Gasteiger partial charge in [0, 0.05) is 31.6 Å². The van der Waals surface area contributed by atoms with Crippen LogP contribution in [0.1, 0.15) is 42.5 Å². The summed E-state index contributed by atoms with van der Waals surface area (Å²) in [5, 5.41) is 2.99. The second-order valence-corrected chi connectivity index (χ2v) is 8.33. The van der Waals surface area contributed by atoms with Gasteiger partial charge in [0.1, 0.15) is 11.9 Å². The number of hydrogen-bond donors (Lipinski definition) is 1. The van der Waals surface area contributed by atoms with Gasteiger partial charge in [0.15, 0.2) is 0 Å². The average Bonchev–Trinajstić information content (AvgIpc) is 3.25. The molecule has 6 nitrogen and oxygen atoms in total. The molecule has 0 fully saturated rings. The molecule has 1 atom stereocenters. The standard InChI is InChI=1S/C24H28N4O2/c1-16(2)14-28-21-11-7-6-10-20(21)26-22(28)12-13-25-23(29)17(3)27-15-18-8-4-5-9-19(18)24(27)30/h4-11,16-17H,12-15H2,1-3H3,(H,25,29)/t17-/m1/s1. The molecule has 1 N–H and O–H groups in total. The summed E-state index contributed by atoms with van der Waals surface area (Å²) in [6, 6.07) is 15.2. The number of benzene rings is 2. The molecule has 2 aromatic carbocycles. The predicted molar refractivity (Wildman–Crippen MR) is 117 cm³/mol. The number of fused-ring (bicyclic) bond motifs is 2. The molecule has 1 aliphatic rings. The highest BCUT2D eigenvalue weighted by Crippen LogP contribution is 2.24. The summed E-state index contributed by atoms with van der Waals surface area (Å²) in [5.74, 6) is 1.26. The minimum Gasteiger partial charge on any atom is -0.354 e. The monoisotopic (exact) mass is 404 g/mol. The Morgan fingerprint density at radius 3 is 2.60 bits per heavy atom. The Balaban J connectivity index is 1.40. The first-order chi connectivity index (χ1) is 14.5. The van der Waals surface area contributed by atoms with Gasteiger partial charge in [-0.15, -0.1) is 0 Å². The van der Waals surface area contributed by atoms with Gasteiger partial charge in [-0.2, -0.15) is 0 Å². The van der Waals surface area contributed by atoms with Gasteiger partial charge in [0.05, 0.1) is 11.0 Å². The predicted octanol–water partition coefficient (Wildman–Crippen LogP) is 3.40. The normalized spacial score (nSPS) is 14.4. The number of carbonyl (C=O) groups excluding carboxylic acids is 2. The molecule has 2 amide bonds. The third-order valence-corrected chi connectivity index (χ3v) is 5.63. The summed E-state index contributed by atoms with van der Waals surface area (Å²) in [6.07, 6.45) is 0.647. The van der Waals surface area contributed by atoms with Crippen LogP contribution in [0.5, 0.6) is 0 Å². The van der Waals surface area contributed by atoms with Crippen LogP contribution in [0.3, 0.4) is 0 Å². The van der Waals surface area contributed by atoms with E-state index < -0.39 is 6.04 Å². The van der Waals surface area contributed by atoms with Crippen molar-refractivity contribution in [3.63, 3.8) is 0 Å². The smallest absolute Gasteiger partial charge is 0.255 e. The Morgan fingerprint density at radius 2 is 1.83 bits per heavy atom. The van der Waals surface area contributed by atoms with E-state index in [1.54, 1.807) is 11.8 Å². The Morgan fingerprint density at radius 1 is 1.10 bits per heavy atom. The van der Waals surface area contributed by atoms with Crippen LogP contribution in [0.15, 0.2) is 48.5 Å². The van der Waals surface area contributed by atoms with Crippen LogP contribution in [0.4, 0.5) is 0 Å². The maximum atomic E-state index is 12.7. The summed E-state index contributed by atoms with van der Waals surface area (Å²) >= 11 is 0. The maximum absolute atomic E-state index is 12.7. The summed E-state index contributed by atoms with van der Waals surface area (Å²) in [4.78, 5) is 31.7. The van der Waals surface area contributed by atoms with Gasteiger partial charge in [0.25, 0.3) is 5.91 Å². The fraction of sp³-hybridized carbons (Fsp3) is 0.375. The number of imidazole rings is 1. The molecule has 0 radical (unpaired) electrons. The molecular weight excluding hydrogens is 376 g/mol. The molecule has 0 saturated heterocycles. The SMILES string of the molecule is CC(C)Cn1c(CCNC(=O)[C@@H](C)N2Cc3ccccc3C2=O)nc2ccccc21. The molecule has 3 aromatic rings. The number of para-hydroxylation sites is 2. The van der Waals surface area contributed by atoms with Gasteiger partial charge in [-0.25, -0.2) is 4.98 Å². The van der Waals surface area contributed by atoms with E-state index in [-0.39, 0.29) is 11.8 Å². The Labute approximate surface area is 176 Å². The molecule has 30 heavy (non-hydrogen) atoms. The molecule has 0 bridgehead atoms. The molecule has 0 saturated carbocycles. The first-order valence-corrected chi connectivity index (χ1v) is 10.6. The van der Waals surface area contributed by atoms with Crippen LogP contribution < -0.4 is 5.32 Å². The summed E-state index contributed by atoms with van der Waals surface area (Å²) in [5.41, 5.74) is 3.78. The number of aromatic nitrogens is 2. The molecule has 4 rings (SSSR count). The van der Waals surface area contributed by atoms with Crippen LogP contribution in [0, 0.1) is 5.92 Å². The Kier molecular flexibility index (Phi) is 5.57. The zero-order chi connectivity index (χ0) is 21.3. The molecule has 0 spiro atoms. The van der Waals surface area contributed by atoms with Crippen LogP contribution in [0.2, 0.25) is 0 Å². The van der Waals surface area contributed by atoms with E-state index in [0.29, 0.717) is 31.0 Å². The van der Waals surface area contributed by atoms with Gasteiger partial charge >= 0.3 is 0 Å². The van der Waals surface area contributed by atoms with E-state index in [4.69, 9.17) is 4.98 Å². The van der Waals surface area contributed by atoms with E-state index in [2.05, 4.69) is 29.8 Å². The zero-order valence-corrected chi connectivity index (χ0v) is 17.8. The van der Waals surface area contributed by atoms with Crippen molar-refractivity contribution in [1.29, 1.82) is 0 Å². The maximum Gasteiger partial charge on any atom is 0.255 e. The molecule has 0 aliphatic carbocycles. The number of nitrogens with zero attached hydrogens (tertiary/aromatic N) is 3. The minimum absolute atomic E-state index is 0.0769. The van der Waals surface area contributed by atoms with Crippen molar-refractivity contribution < 1.29 is 9.59 Å². The molecule has 1 aliphatic heterocycles. The van der Waals surface area contributed by atoms with Crippen molar-refractivity contribution in [2.45, 2.75) is 46.3 Å². The lowest BCUT2D eigenvalue weighted by atomic mass is 10.1. The Bertz CT molecular complexity index is 1090. The third kappa shape index (κ3) is 3.82. The van der Waals surface area contributed by atoms with E-state index >= 15 is 0 Å². The molecule has 2 heterocycles. The van der Waals surface area contributed by atoms with E-state index in [9.17, 15) is 9.59 Å². The van der Waals surface area contributed by atoms with Crippen LogP contribution in [0.25, 0.3) is 11.0 Å². The fourth-order valence-electron chi connectivity index (χ4n) is 4.06. The zero-order valence-electron chi connectivity index (χ0n) is 17.8. The lowest BCUT2D eigenvalue weighted by Gasteiger charge is -2.23. The summed E-state index contributed by atoms with van der Waals surface area (Å²) in [6.45, 7) is 8.02. The number of amides is 2. The second-order valence-electron chi connectivity index (χ2n) is 8.33. The van der Waals surface area contributed by atoms with Crippen molar-refractivity contribution in [3.05, 3.63) is 65.5 Å². The van der Waals surface area contributed by atoms with Crippen molar-refractivity contribution >= 4 is 22.8 Å². The summed E-state index contributed by atoms with van der Waals surface area (Å²) in [7, 11) is 0. The van der Waals surface area contributed by atoms with Gasteiger partial charge in [-0.05, 0) is 36.6 Å². The minimum atomic E-state index is -0.514. The lowest BCUT2D eigenvalue weighted by Crippen LogP contribution is -2.45. The van der Waals surface area contributed by atoms with Crippen molar-refractivity contribution in [2.24, 2.45) is 5.92 Å². The third-order valence-electron chi connectivity index (χ3n) is 5.63. The highest BCUT2D eigenvalue weighted by molar-refractivity contribution is 6.01. The molecular formula is C24H28N4O2. The van der Waals surface area contributed by atoms with Crippen molar-refractivity contribution in [3.8, 4) is 0 Å². The van der Waals surface area contributed by atoms with Crippen LogP contribution in [-0.2, 0) is 24.3 Å². The molecule has 0 unspecified atom stereocenters. The number of nitrogens with one attached hydrogen (secondary N) is 1. The van der Waals surface area contributed by atoms with Crippen LogP contribution >= 0.6 is 0 Å². The number of hydrogen-bond acceptors (Lipinski definition) is 3. The quantitative estimate of drug-likeness (QED) is 0.656. The highest BCUT2D eigenvalue weighted by atomic mass is 16.2. The second kappa shape index (κ2) is 8.30. The summed E-state index contributed by atoms with van der Waals surface area (Å²) < 4.78 is 2.25. The lowest BCUT2D eigenvalue weighted by molar-refractivity contribution is -0.125. The van der Waals surface area contributed by atoms with E-state index in [1.165, 1.54) is 0 Å². The van der Waals surface area contributed by atoms with Gasteiger partial charge in [-0.3, -0.25) is 9.59 Å². The number of carbonyl (C=O) groups is 2. The molecule has 156 valence electrons. The number of rotatable bonds is 7. The van der Waals surface area contributed by atoms with Crippen molar-refractivity contribution in [2.75, 3.05) is 6.54 Å². The van der Waals surface area contributed by atoms with Gasteiger partial charge < -0.3 is 14.8 Å². The first-order valence-electron chi connectivity index (χ1n) is 10.6. The fourth-order valence-corrected chi connectivity index (χ4v) is 4.06. The first kappa shape index (κ1) is 20.1. The van der Waals surface area contributed by atoms with E-state index in [1.807, 2.05) is 42.5 Å². The molecule has 6 heteroatoms.